The maximum absolute atomic E-state index is 12.7. The van der Waals surface area contributed by atoms with E-state index in [0.29, 0.717) is 13.1 Å². The van der Waals surface area contributed by atoms with E-state index >= 15 is 0 Å². The number of fused-ring (bicyclic) bond motifs is 1. The van der Waals surface area contributed by atoms with Gasteiger partial charge in [-0.25, -0.2) is 4.79 Å². The van der Waals surface area contributed by atoms with Gasteiger partial charge in [-0.15, -0.1) is 0 Å². The van der Waals surface area contributed by atoms with E-state index in [1.807, 2.05) is 13.8 Å². The predicted octanol–water partition coefficient (Wildman–Crippen LogP) is 0.484. The van der Waals surface area contributed by atoms with Gasteiger partial charge in [0.15, 0.2) is 0 Å². The third-order valence-electron chi connectivity index (χ3n) is 4.92. The molecule has 7 nitrogen and oxygen atoms in total. The van der Waals surface area contributed by atoms with Crippen LogP contribution >= 0.6 is 0 Å². The third kappa shape index (κ3) is 2.60. The van der Waals surface area contributed by atoms with Crippen molar-refractivity contribution in [3.8, 4) is 0 Å². The van der Waals surface area contributed by atoms with E-state index in [9.17, 15) is 14.4 Å². The number of aromatic amines is 1. The molecule has 2 N–H and O–H groups in total. The highest BCUT2D eigenvalue weighted by Crippen LogP contribution is 2.22. The second-order valence-electron chi connectivity index (χ2n) is 6.30. The highest BCUT2D eigenvalue weighted by Gasteiger charge is 2.42. The van der Waals surface area contributed by atoms with Crippen molar-refractivity contribution in [1.29, 1.82) is 0 Å². The number of H-pyrrole nitrogens is 1. The van der Waals surface area contributed by atoms with E-state index in [1.54, 1.807) is 22.9 Å². The number of pyridine rings is 1. The molecule has 1 aromatic heterocycles. The number of aromatic nitrogens is 1. The van der Waals surface area contributed by atoms with E-state index in [2.05, 4.69) is 10.3 Å². The number of rotatable bonds is 2. The maximum atomic E-state index is 12.7. The quantitative estimate of drug-likeness (QED) is 0.832. The summed E-state index contributed by atoms with van der Waals surface area (Å²) in [6.45, 7) is 4.84. The van der Waals surface area contributed by atoms with Crippen molar-refractivity contribution >= 4 is 11.9 Å². The second kappa shape index (κ2) is 5.72. The van der Waals surface area contributed by atoms with Gasteiger partial charge in [-0.3, -0.25) is 9.59 Å². The molecule has 0 unspecified atom stereocenters. The molecule has 3 heterocycles. The molecule has 3 rings (SSSR count). The van der Waals surface area contributed by atoms with Crippen LogP contribution in [0.2, 0.25) is 0 Å². The van der Waals surface area contributed by atoms with Crippen LogP contribution in [0.1, 0.15) is 35.0 Å². The lowest BCUT2D eigenvalue weighted by Gasteiger charge is -2.35. The molecule has 0 spiro atoms. The molecular weight excluding hydrogens is 296 g/mol. The first kappa shape index (κ1) is 15.6. The molecule has 0 bridgehead atoms. The maximum Gasteiger partial charge on any atom is 0.317 e. The zero-order valence-electron chi connectivity index (χ0n) is 13.7. The number of carbonyl (C=O) groups excluding carboxylic acids is 2. The van der Waals surface area contributed by atoms with E-state index < -0.39 is 0 Å². The molecule has 2 aliphatic heterocycles. The molecule has 23 heavy (non-hydrogen) atoms. The predicted molar refractivity (Wildman–Crippen MR) is 85.6 cm³/mol. The fraction of sp³-hybridized carbons (Fsp3) is 0.562. The molecule has 7 heteroatoms. The Balaban J connectivity index is 1.81. The van der Waals surface area contributed by atoms with Crippen molar-refractivity contribution < 1.29 is 9.59 Å². The number of likely N-dealkylation sites (N-methyl/N-ethyl adjacent to an activating group) is 1. The molecule has 2 aliphatic rings. The number of nitrogens with zero attached hydrogens (tertiary/aromatic N) is 2. The number of hydrogen-bond acceptors (Lipinski definition) is 3. The lowest BCUT2D eigenvalue weighted by molar-refractivity contribution is 0.0664. The number of hydrogen-bond donors (Lipinski definition) is 2. The number of likely N-dealkylation sites (tertiary alicyclic amines) is 1. The van der Waals surface area contributed by atoms with Crippen LogP contribution in [0.3, 0.4) is 0 Å². The summed E-state index contributed by atoms with van der Waals surface area (Å²) in [7, 11) is 1.77. The van der Waals surface area contributed by atoms with Crippen LogP contribution in [0.25, 0.3) is 0 Å². The summed E-state index contributed by atoms with van der Waals surface area (Å²) in [6, 6.07) is 1.62. The Kier molecular flexibility index (Phi) is 3.87. The molecule has 2 saturated heterocycles. The first-order valence-corrected chi connectivity index (χ1v) is 7.97. The van der Waals surface area contributed by atoms with Crippen molar-refractivity contribution in [3.05, 3.63) is 33.2 Å². The standard InChI is InChI=1S/C16H22N4O3/c1-4-11-9(2)7-10(14(21)17-11)15(22)20-6-5-13-12(8-20)18-16(23)19(13)3/h7,12-13H,4-6,8H2,1-3H3,(H,17,21)(H,18,23)/t12-,13+/m1/s1. The molecule has 2 atom stereocenters. The van der Waals surface area contributed by atoms with Crippen LogP contribution in [-0.2, 0) is 6.42 Å². The summed E-state index contributed by atoms with van der Waals surface area (Å²) in [6.07, 6.45) is 1.44. The van der Waals surface area contributed by atoms with Crippen LogP contribution in [0.15, 0.2) is 10.9 Å². The Morgan fingerprint density at radius 2 is 2.13 bits per heavy atom. The number of piperidine rings is 1. The lowest BCUT2D eigenvalue weighted by Crippen LogP contribution is -2.53. The van der Waals surface area contributed by atoms with Gasteiger partial charge < -0.3 is 20.1 Å². The number of nitrogens with one attached hydrogen (secondary N) is 2. The van der Waals surface area contributed by atoms with Crippen LogP contribution in [-0.4, -0.2) is 58.9 Å². The number of urea groups is 1. The molecule has 0 saturated carbocycles. The van der Waals surface area contributed by atoms with Gasteiger partial charge in [0, 0.05) is 25.8 Å². The molecular formula is C16H22N4O3. The molecule has 124 valence electrons. The first-order valence-electron chi connectivity index (χ1n) is 7.97. The Bertz CT molecular complexity index is 712. The number of carbonyl (C=O) groups is 2. The minimum Gasteiger partial charge on any atom is -0.336 e. The van der Waals surface area contributed by atoms with Gasteiger partial charge in [-0.2, -0.15) is 0 Å². The summed E-state index contributed by atoms with van der Waals surface area (Å²) < 4.78 is 0. The van der Waals surface area contributed by atoms with Crippen LogP contribution < -0.4 is 10.9 Å². The topological polar surface area (TPSA) is 85.5 Å². The SMILES string of the molecule is CCc1[nH]c(=O)c(C(=O)N2CC[C@H]3[C@@H](C2)NC(=O)N3C)cc1C. The average Bonchev–Trinajstić information content (AvgIpc) is 2.82. The Hall–Kier alpha value is -2.31. The largest absolute Gasteiger partial charge is 0.336 e. The zero-order chi connectivity index (χ0) is 16.7. The van der Waals surface area contributed by atoms with Crippen LogP contribution in [0.5, 0.6) is 0 Å². The van der Waals surface area contributed by atoms with Crippen molar-refractivity contribution in [3.63, 3.8) is 0 Å². The number of amides is 3. The monoisotopic (exact) mass is 318 g/mol. The number of aryl methyl sites for hydroxylation is 2. The molecule has 3 amide bonds. The van der Waals surface area contributed by atoms with Gasteiger partial charge in [-0.05, 0) is 31.4 Å². The van der Waals surface area contributed by atoms with E-state index in [-0.39, 0.29) is 35.1 Å². The fourth-order valence-electron chi connectivity index (χ4n) is 3.51. The summed E-state index contributed by atoms with van der Waals surface area (Å²) in [5.41, 5.74) is 1.61. The van der Waals surface area contributed by atoms with Crippen molar-refractivity contribution in [2.24, 2.45) is 0 Å². The summed E-state index contributed by atoms with van der Waals surface area (Å²) in [4.78, 5) is 42.8. The van der Waals surface area contributed by atoms with Gasteiger partial charge in [0.2, 0.25) is 0 Å². The van der Waals surface area contributed by atoms with Crippen molar-refractivity contribution in [2.45, 2.75) is 38.8 Å². The first-order chi connectivity index (χ1) is 10.9. The fourth-order valence-corrected chi connectivity index (χ4v) is 3.51. The molecule has 0 radical (unpaired) electrons. The average molecular weight is 318 g/mol. The Morgan fingerprint density at radius 1 is 1.39 bits per heavy atom. The van der Waals surface area contributed by atoms with Crippen LogP contribution in [0, 0.1) is 6.92 Å². The minimum absolute atomic E-state index is 0.0692. The van der Waals surface area contributed by atoms with E-state index in [0.717, 1.165) is 24.1 Å². The van der Waals surface area contributed by atoms with Gasteiger partial charge >= 0.3 is 6.03 Å². The summed E-state index contributed by atoms with van der Waals surface area (Å²) in [5, 5.41) is 2.89. The summed E-state index contributed by atoms with van der Waals surface area (Å²) >= 11 is 0. The second-order valence-corrected chi connectivity index (χ2v) is 6.30. The van der Waals surface area contributed by atoms with Gasteiger partial charge in [-0.1, -0.05) is 6.92 Å². The van der Waals surface area contributed by atoms with Crippen molar-refractivity contribution in [1.82, 2.24) is 20.1 Å². The highest BCUT2D eigenvalue weighted by atomic mass is 16.2. The molecule has 0 aliphatic carbocycles. The van der Waals surface area contributed by atoms with Crippen LogP contribution in [0.4, 0.5) is 4.79 Å². The molecule has 0 aromatic carbocycles. The van der Waals surface area contributed by atoms with E-state index in [4.69, 9.17) is 0 Å². The minimum atomic E-state index is -0.341. The zero-order valence-corrected chi connectivity index (χ0v) is 13.7. The normalized spacial score (nSPS) is 23.7. The smallest absolute Gasteiger partial charge is 0.317 e. The lowest BCUT2D eigenvalue weighted by atomic mass is 9.99. The van der Waals surface area contributed by atoms with Crippen molar-refractivity contribution in [2.75, 3.05) is 20.1 Å². The molecule has 1 aromatic rings. The molecule has 2 fully saturated rings. The van der Waals surface area contributed by atoms with Gasteiger partial charge in [0.1, 0.15) is 5.56 Å². The third-order valence-corrected chi connectivity index (χ3v) is 4.92. The van der Waals surface area contributed by atoms with Gasteiger partial charge in [0.05, 0.1) is 12.1 Å². The van der Waals surface area contributed by atoms with Gasteiger partial charge in [0.25, 0.3) is 11.5 Å². The Morgan fingerprint density at radius 3 is 2.83 bits per heavy atom. The highest BCUT2D eigenvalue weighted by molar-refractivity contribution is 5.94. The summed E-state index contributed by atoms with van der Waals surface area (Å²) in [5.74, 6) is -0.265. The van der Waals surface area contributed by atoms with E-state index in [1.165, 1.54) is 0 Å². The Labute approximate surface area is 134 Å².